The summed E-state index contributed by atoms with van der Waals surface area (Å²) in [6, 6.07) is 7.34. The lowest BCUT2D eigenvalue weighted by molar-refractivity contribution is 0.00365. The van der Waals surface area contributed by atoms with E-state index in [1.807, 2.05) is 24.0 Å². The standard InChI is InChI=1S/C12H17N3O2/c1-9-8-17-7-6-15(9)12(16)10-4-2-3-5-11(10)14-13/h2-5,9,14H,6-8,13H2,1H3. The third-order valence-corrected chi connectivity index (χ3v) is 2.94. The van der Waals surface area contributed by atoms with E-state index in [0.717, 1.165) is 0 Å². The zero-order valence-electron chi connectivity index (χ0n) is 9.85. The lowest BCUT2D eigenvalue weighted by Crippen LogP contribution is -2.47. The van der Waals surface area contributed by atoms with Crippen LogP contribution in [-0.4, -0.2) is 36.6 Å². The summed E-state index contributed by atoms with van der Waals surface area (Å²) in [7, 11) is 0. The molecule has 0 radical (unpaired) electrons. The molecule has 1 atom stereocenters. The molecule has 3 N–H and O–H groups in total. The van der Waals surface area contributed by atoms with Gasteiger partial charge in [-0.2, -0.15) is 0 Å². The molecule has 92 valence electrons. The molecule has 1 aliphatic heterocycles. The van der Waals surface area contributed by atoms with Crippen LogP contribution in [0, 0.1) is 0 Å². The van der Waals surface area contributed by atoms with Crippen LogP contribution < -0.4 is 11.3 Å². The fraction of sp³-hybridized carbons (Fsp3) is 0.417. The van der Waals surface area contributed by atoms with E-state index < -0.39 is 0 Å². The zero-order valence-corrected chi connectivity index (χ0v) is 9.85. The highest BCUT2D eigenvalue weighted by Gasteiger charge is 2.25. The largest absolute Gasteiger partial charge is 0.377 e. The number of hydrazine groups is 1. The number of para-hydroxylation sites is 1. The lowest BCUT2D eigenvalue weighted by Gasteiger charge is -2.33. The number of anilines is 1. The van der Waals surface area contributed by atoms with Crippen molar-refractivity contribution < 1.29 is 9.53 Å². The highest BCUT2D eigenvalue weighted by atomic mass is 16.5. The first kappa shape index (κ1) is 11.9. The lowest BCUT2D eigenvalue weighted by atomic mass is 10.1. The number of nitrogen functional groups attached to an aromatic ring is 1. The Kier molecular flexibility index (Phi) is 3.61. The summed E-state index contributed by atoms with van der Waals surface area (Å²) in [6.45, 7) is 3.78. The molecule has 0 aromatic heterocycles. The van der Waals surface area contributed by atoms with Gasteiger partial charge in [-0.05, 0) is 19.1 Å². The van der Waals surface area contributed by atoms with Crippen molar-refractivity contribution in [3.63, 3.8) is 0 Å². The molecule has 1 aromatic rings. The van der Waals surface area contributed by atoms with Gasteiger partial charge in [0.1, 0.15) is 0 Å². The van der Waals surface area contributed by atoms with Crippen molar-refractivity contribution in [2.75, 3.05) is 25.2 Å². The second-order valence-electron chi connectivity index (χ2n) is 4.11. The maximum absolute atomic E-state index is 12.4. The van der Waals surface area contributed by atoms with Crippen LogP contribution in [0.2, 0.25) is 0 Å². The zero-order chi connectivity index (χ0) is 12.3. The molecule has 5 nitrogen and oxygen atoms in total. The number of amides is 1. The molecule has 0 saturated carbocycles. The van der Waals surface area contributed by atoms with E-state index in [1.54, 1.807) is 12.1 Å². The fourth-order valence-electron chi connectivity index (χ4n) is 1.98. The summed E-state index contributed by atoms with van der Waals surface area (Å²) < 4.78 is 5.32. The van der Waals surface area contributed by atoms with E-state index in [0.29, 0.717) is 31.0 Å². The Bertz CT molecular complexity index is 408. The molecule has 17 heavy (non-hydrogen) atoms. The summed E-state index contributed by atoms with van der Waals surface area (Å²) in [4.78, 5) is 14.2. The smallest absolute Gasteiger partial charge is 0.256 e. The summed E-state index contributed by atoms with van der Waals surface area (Å²) in [5, 5.41) is 0. The first-order chi connectivity index (χ1) is 8.24. The Balaban J connectivity index is 2.23. The maximum Gasteiger partial charge on any atom is 0.256 e. The number of carbonyl (C=O) groups excluding carboxylic acids is 1. The maximum atomic E-state index is 12.4. The van der Waals surface area contributed by atoms with Crippen LogP contribution in [0.5, 0.6) is 0 Å². The first-order valence-electron chi connectivity index (χ1n) is 5.68. The minimum Gasteiger partial charge on any atom is -0.377 e. The van der Waals surface area contributed by atoms with Crippen LogP contribution in [0.3, 0.4) is 0 Å². The molecule has 1 aromatic carbocycles. The van der Waals surface area contributed by atoms with Gasteiger partial charge in [0.15, 0.2) is 0 Å². The number of nitrogens with one attached hydrogen (secondary N) is 1. The minimum absolute atomic E-state index is 0.00523. The molecule has 0 bridgehead atoms. The predicted molar refractivity (Wildman–Crippen MR) is 65.6 cm³/mol. The van der Waals surface area contributed by atoms with E-state index in [4.69, 9.17) is 10.6 Å². The third-order valence-electron chi connectivity index (χ3n) is 2.94. The molecule has 1 fully saturated rings. The van der Waals surface area contributed by atoms with Gasteiger partial charge in [0.2, 0.25) is 0 Å². The molecule has 1 aliphatic rings. The van der Waals surface area contributed by atoms with Crippen molar-refractivity contribution in [1.82, 2.24) is 4.90 Å². The molecule has 0 aliphatic carbocycles. The second kappa shape index (κ2) is 5.16. The van der Waals surface area contributed by atoms with E-state index in [-0.39, 0.29) is 11.9 Å². The monoisotopic (exact) mass is 235 g/mol. The van der Waals surface area contributed by atoms with Crippen LogP contribution in [0.4, 0.5) is 5.69 Å². The number of nitrogens with zero attached hydrogens (tertiary/aromatic N) is 1. The Morgan fingerprint density at radius 1 is 1.53 bits per heavy atom. The van der Waals surface area contributed by atoms with E-state index in [2.05, 4.69) is 5.43 Å². The number of morpholine rings is 1. The number of hydrogen-bond acceptors (Lipinski definition) is 4. The number of ether oxygens (including phenoxy) is 1. The molecule has 1 saturated heterocycles. The Morgan fingerprint density at radius 2 is 2.29 bits per heavy atom. The summed E-state index contributed by atoms with van der Waals surface area (Å²) >= 11 is 0. The van der Waals surface area contributed by atoms with Gasteiger partial charge in [-0.15, -0.1) is 0 Å². The fourth-order valence-corrected chi connectivity index (χ4v) is 1.98. The van der Waals surface area contributed by atoms with Crippen LogP contribution in [-0.2, 0) is 4.74 Å². The van der Waals surface area contributed by atoms with Crippen molar-refractivity contribution in [3.05, 3.63) is 29.8 Å². The van der Waals surface area contributed by atoms with Crippen LogP contribution >= 0.6 is 0 Å². The molecule has 1 heterocycles. The SMILES string of the molecule is CC1COCCN1C(=O)c1ccccc1NN. The minimum atomic E-state index is -0.00523. The average molecular weight is 235 g/mol. The predicted octanol–water partition coefficient (Wildman–Crippen LogP) is 0.833. The molecular weight excluding hydrogens is 218 g/mol. The summed E-state index contributed by atoms with van der Waals surface area (Å²) in [5.41, 5.74) is 3.80. The molecular formula is C12H17N3O2. The van der Waals surface area contributed by atoms with E-state index in [9.17, 15) is 4.79 Å². The third kappa shape index (κ3) is 2.40. The van der Waals surface area contributed by atoms with Gasteiger partial charge in [0.25, 0.3) is 5.91 Å². The topological polar surface area (TPSA) is 67.6 Å². The normalized spacial score (nSPS) is 20.1. The van der Waals surface area contributed by atoms with Gasteiger partial charge in [0.05, 0.1) is 30.5 Å². The number of benzene rings is 1. The van der Waals surface area contributed by atoms with Crippen LogP contribution in [0.25, 0.3) is 0 Å². The Hall–Kier alpha value is -1.59. The molecule has 5 heteroatoms. The number of nitrogens with two attached hydrogens (primary N) is 1. The summed E-state index contributed by atoms with van der Waals surface area (Å²) in [6.07, 6.45) is 0. The number of rotatable bonds is 2. The Morgan fingerprint density at radius 3 is 3.00 bits per heavy atom. The van der Waals surface area contributed by atoms with Crippen molar-refractivity contribution in [2.45, 2.75) is 13.0 Å². The van der Waals surface area contributed by atoms with Crippen molar-refractivity contribution in [2.24, 2.45) is 5.84 Å². The van der Waals surface area contributed by atoms with Crippen molar-refractivity contribution >= 4 is 11.6 Å². The highest BCUT2D eigenvalue weighted by molar-refractivity contribution is 5.99. The highest BCUT2D eigenvalue weighted by Crippen LogP contribution is 2.18. The molecule has 0 spiro atoms. The average Bonchev–Trinajstić information content (AvgIpc) is 2.38. The molecule has 1 unspecified atom stereocenters. The van der Waals surface area contributed by atoms with Crippen LogP contribution in [0.15, 0.2) is 24.3 Å². The van der Waals surface area contributed by atoms with E-state index in [1.165, 1.54) is 0 Å². The second-order valence-corrected chi connectivity index (χ2v) is 4.11. The van der Waals surface area contributed by atoms with Crippen LogP contribution in [0.1, 0.15) is 17.3 Å². The molecule has 1 amide bonds. The van der Waals surface area contributed by atoms with Gasteiger partial charge in [-0.3, -0.25) is 10.6 Å². The van der Waals surface area contributed by atoms with Crippen molar-refractivity contribution in [3.8, 4) is 0 Å². The van der Waals surface area contributed by atoms with Crippen molar-refractivity contribution in [1.29, 1.82) is 0 Å². The quantitative estimate of drug-likeness (QED) is 0.588. The summed E-state index contributed by atoms with van der Waals surface area (Å²) in [5.74, 6) is 5.40. The van der Waals surface area contributed by atoms with Gasteiger partial charge in [0, 0.05) is 6.54 Å². The first-order valence-corrected chi connectivity index (χ1v) is 5.68. The number of hydrogen-bond donors (Lipinski definition) is 2. The number of carbonyl (C=O) groups is 1. The van der Waals surface area contributed by atoms with Gasteiger partial charge < -0.3 is 15.1 Å². The van der Waals surface area contributed by atoms with Gasteiger partial charge >= 0.3 is 0 Å². The van der Waals surface area contributed by atoms with Gasteiger partial charge in [-0.1, -0.05) is 12.1 Å². The molecule has 2 rings (SSSR count). The van der Waals surface area contributed by atoms with Gasteiger partial charge in [-0.25, -0.2) is 0 Å². The van der Waals surface area contributed by atoms with E-state index >= 15 is 0 Å². The Labute approximate surface area is 101 Å².